The number of terminal acetylenes is 1. The third-order valence-corrected chi connectivity index (χ3v) is 6.40. The maximum absolute atomic E-state index is 12.6. The highest BCUT2D eigenvalue weighted by Crippen LogP contribution is 2.54. The van der Waals surface area contributed by atoms with Crippen molar-refractivity contribution in [1.29, 1.82) is 0 Å². The average Bonchev–Trinajstić information content (AvgIpc) is 3.40. The summed E-state index contributed by atoms with van der Waals surface area (Å²) < 4.78 is 0. The summed E-state index contributed by atoms with van der Waals surface area (Å²) in [4.78, 5) is 19.8. The molecule has 1 aromatic rings. The zero-order chi connectivity index (χ0) is 18.5. The third-order valence-electron chi connectivity index (χ3n) is 6.40. The van der Waals surface area contributed by atoms with E-state index in [1.807, 2.05) is 26.0 Å². The topological polar surface area (TPSA) is 53.4 Å². The number of aromatic nitrogens is 1. The highest BCUT2D eigenvalue weighted by molar-refractivity contribution is 6.09. The molecule has 1 saturated heterocycles. The number of ketones is 1. The van der Waals surface area contributed by atoms with Gasteiger partial charge in [-0.1, -0.05) is 25.8 Å². The molecule has 3 aliphatic rings. The molecule has 1 aliphatic heterocycles. The van der Waals surface area contributed by atoms with Gasteiger partial charge in [-0.25, -0.2) is 0 Å². The first-order valence-corrected chi connectivity index (χ1v) is 9.50. The molecule has 0 bridgehead atoms. The highest BCUT2D eigenvalue weighted by Gasteiger charge is 2.45. The molecule has 0 aromatic carbocycles. The fraction of sp³-hybridized carbons (Fsp3) is 0.545. The molecular weight excluding hydrogens is 324 g/mol. The number of aliphatic hydroxyl groups excluding tert-OH is 1. The molecule has 1 spiro atoms. The number of hydrogen-bond donors (Lipinski definition) is 1. The first-order chi connectivity index (χ1) is 12.4. The van der Waals surface area contributed by atoms with Crippen LogP contribution < -0.4 is 0 Å². The van der Waals surface area contributed by atoms with Gasteiger partial charge in [0.05, 0.1) is 23.6 Å². The second-order valence-corrected chi connectivity index (χ2v) is 8.70. The highest BCUT2D eigenvalue weighted by atomic mass is 16.3. The minimum absolute atomic E-state index is 0.0117. The van der Waals surface area contributed by atoms with Gasteiger partial charge in [-0.05, 0) is 42.7 Å². The summed E-state index contributed by atoms with van der Waals surface area (Å²) in [6, 6.07) is 3.91. The number of nitrogens with zero attached hydrogens (tertiary/aromatic N) is 2. The fourth-order valence-electron chi connectivity index (χ4n) is 4.14. The van der Waals surface area contributed by atoms with E-state index in [4.69, 9.17) is 11.4 Å². The number of aliphatic hydroxyl groups is 1. The van der Waals surface area contributed by atoms with Crippen molar-refractivity contribution in [2.75, 3.05) is 19.7 Å². The van der Waals surface area contributed by atoms with Crippen LogP contribution in [0, 0.1) is 17.8 Å². The summed E-state index contributed by atoms with van der Waals surface area (Å²) in [6.07, 6.45) is 11.1. The number of pyridine rings is 1. The Labute approximate surface area is 155 Å². The molecule has 1 aromatic heterocycles. The number of carbonyl (C=O) groups is 1. The number of piperidine rings is 1. The lowest BCUT2D eigenvalue weighted by Crippen LogP contribution is -2.37. The standard InChI is InChI=1S/C22H26N2O2/c1-4-16-17(26)13-15-5-6-18(21(2,3)14-25)23-19(15)20(16)24-11-9-22(7-8-22)10-12-24/h1,5-6,25H,7-14H2,2-3H3. The number of fused-ring (bicyclic) bond motifs is 1. The lowest BCUT2D eigenvalue weighted by Gasteiger charge is -2.37. The van der Waals surface area contributed by atoms with Gasteiger partial charge >= 0.3 is 0 Å². The lowest BCUT2D eigenvalue weighted by atomic mass is 9.85. The normalized spacial score (nSPS) is 21.6. The molecule has 0 unspecified atom stereocenters. The maximum Gasteiger partial charge on any atom is 0.177 e. The maximum atomic E-state index is 12.6. The molecule has 2 fully saturated rings. The largest absolute Gasteiger partial charge is 0.395 e. The smallest absolute Gasteiger partial charge is 0.177 e. The van der Waals surface area contributed by atoms with Gasteiger partial charge in [0.25, 0.3) is 0 Å². The van der Waals surface area contributed by atoms with Gasteiger partial charge < -0.3 is 10.0 Å². The van der Waals surface area contributed by atoms with Crippen molar-refractivity contribution in [3.8, 4) is 12.3 Å². The Kier molecular flexibility index (Phi) is 3.96. The van der Waals surface area contributed by atoms with Crippen LogP contribution in [-0.4, -0.2) is 40.5 Å². The second kappa shape index (κ2) is 5.96. The molecule has 4 rings (SSSR count). The van der Waals surface area contributed by atoms with E-state index >= 15 is 0 Å². The van der Waals surface area contributed by atoms with Crippen molar-refractivity contribution < 1.29 is 9.90 Å². The molecule has 0 atom stereocenters. The van der Waals surface area contributed by atoms with E-state index in [0.717, 1.165) is 35.7 Å². The van der Waals surface area contributed by atoms with Crippen LogP contribution >= 0.6 is 0 Å². The van der Waals surface area contributed by atoms with Gasteiger partial charge in [0.2, 0.25) is 0 Å². The number of Topliss-reactive ketones (excluding diaryl/α,β-unsaturated/α-hetero) is 1. The van der Waals surface area contributed by atoms with E-state index in [-0.39, 0.29) is 12.4 Å². The van der Waals surface area contributed by atoms with E-state index in [9.17, 15) is 9.90 Å². The Morgan fingerprint density at radius 3 is 2.54 bits per heavy atom. The molecule has 136 valence electrons. The van der Waals surface area contributed by atoms with Crippen molar-refractivity contribution in [2.45, 2.75) is 51.4 Å². The van der Waals surface area contributed by atoms with Crippen molar-refractivity contribution in [1.82, 2.24) is 9.88 Å². The summed E-state index contributed by atoms with van der Waals surface area (Å²) in [7, 11) is 0. The van der Waals surface area contributed by atoms with Crippen molar-refractivity contribution >= 4 is 11.5 Å². The summed E-state index contributed by atoms with van der Waals surface area (Å²) in [5, 5.41) is 9.72. The van der Waals surface area contributed by atoms with Gasteiger partial charge in [0, 0.05) is 30.6 Å². The molecule has 1 N–H and O–H groups in total. The molecule has 4 nitrogen and oxygen atoms in total. The number of carbonyl (C=O) groups excluding carboxylic acids is 1. The molecule has 0 radical (unpaired) electrons. The van der Waals surface area contributed by atoms with Crippen LogP contribution in [0.15, 0.2) is 17.7 Å². The first kappa shape index (κ1) is 17.3. The second-order valence-electron chi connectivity index (χ2n) is 8.70. The zero-order valence-electron chi connectivity index (χ0n) is 15.6. The molecule has 1 saturated carbocycles. The molecule has 0 amide bonds. The molecule has 4 heteroatoms. The Bertz CT molecular complexity index is 830. The van der Waals surface area contributed by atoms with Crippen LogP contribution in [0.3, 0.4) is 0 Å². The number of rotatable bonds is 3. The Morgan fingerprint density at radius 2 is 1.96 bits per heavy atom. The van der Waals surface area contributed by atoms with Crippen molar-refractivity contribution in [3.63, 3.8) is 0 Å². The van der Waals surface area contributed by atoms with Crippen LogP contribution in [0.5, 0.6) is 0 Å². The SMILES string of the molecule is C#CC1=C(N2CCC3(CC2)CC3)c2nc(C(C)(C)CO)ccc2CC1=O. The van der Waals surface area contributed by atoms with Gasteiger partial charge in [-0.2, -0.15) is 0 Å². The summed E-state index contributed by atoms with van der Waals surface area (Å²) in [5.74, 6) is 2.66. The number of likely N-dealkylation sites (tertiary alicyclic amines) is 1. The molecule has 2 heterocycles. The van der Waals surface area contributed by atoms with Gasteiger partial charge in [-0.15, -0.1) is 6.42 Å². The third kappa shape index (κ3) is 2.75. The van der Waals surface area contributed by atoms with Crippen LogP contribution in [0.2, 0.25) is 0 Å². The zero-order valence-corrected chi connectivity index (χ0v) is 15.6. The molecular formula is C22H26N2O2. The number of allylic oxidation sites excluding steroid dienone is 1. The summed E-state index contributed by atoms with van der Waals surface area (Å²) >= 11 is 0. The molecule has 2 aliphatic carbocycles. The van der Waals surface area contributed by atoms with Gasteiger partial charge in [-0.3, -0.25) is 9.78 Å². The predicted molar refractivity (Wildman–Crippen MR) is 101 cm³/mol. The average molecular weight is 350 g/mol. The fourth-order valence-corrected chi connectivity index (χ4v) is 4.14. The quantitative estimate of drug-likeness (QED) is 0.852. The van der Waals surface area contributed by atoms with E-state index in [0.29, 0.717) is 17.4 Å². The predicted octanol–water partition coefficient (Wildman–Crippen LogP) is 2.70. The summed E-state index contributed by atoms with van der Waals surface area (Å²) in [5.41, 5.74) is 4.04. The van der Waals surface area contributed by atoms with E-state index in [2.05, 4.69) is 10.8 Å². The van der Waals surface area contributed by atoms with E-state index < -0.39 is 5.41 Å². The van der Waals surface area contributed by atoms with Gasteiger partial charge in [0.1, 0.15) is 0 Å². The minimum atomic E-state index is -0.433. The monoisotopic (exact) mass is 350 g/mol. The van der Waals surface area contributed by atoms with E-state index in [1.54, 1.807) is 0 Å². The van der Waals surface area contributed by atoms with Crippen LogP contribution in [0.25, 0.3) is 5.70 Å². The van der Waals surface area contributed by atoms with Crippen LogP contribution in [0.4, 0.5) is 0 Å². The number of hydrogen-bond acceptors (Lipinski definition) is 4. The minimum Gasteiger partial charge on any atom is -0.395 e. The van der Waals surface area contributed by atoms with Crippen LogP contribution in [0.1, 0.15) is 56.5 Å². The van der Waals surface area contributed by atoms with Crippen molar-refractivity contribution in [3.05, 3.63) is 34.7 Å². The van der Waals surface area contributed by atoms with Crippen LogP contribution in [-0.2, 0) is 16.6 Å². The van der Waals surface area contributed by atoms with E-state index in [1.165, 1.54) is 25.7 Å². The lowest BCUT2D eigenvalue weighted by molar-refractivity contribution is -0.114. The van der Waals surface area contributed by atoms with Crippen molar-refractivity contribution in [2.24, 2.45) is 5.41 Å². The molecule has 26 heavy (non-hydrogen) atoms. The van der Waals surface area contributed by atoms with Gasteiger partial charge in [0.15, 0.2) is 5.78 Å². The Morgan fingerprint density at radius 1 is 1.27 bits per heavy atom. The summed E-state index contributed by atoms with van der Waals surface area (Å²) in [6.45, 7) is 5.83. The first-order valence-electron chi connectivity index (χ1n) is 9.50. The Hall–Kier alpha value is -2.12. The Balaban J connectivity index is 1.78.